The van der Waals surface area contributed by atoms with E-state index < -0.39 is 4.92 Å². The van der Waals surface area contributed by atoms with Gasteiger partial charge in [-0.05, 0) is 35.0 Å². The SMILES string of the molecule is CSC1CCCCC1Nc1ncc(Br)cc1[N+](=O)[O-]. The Bertz CT molecular complexity index is 472. The summed E-state index contributed by atoms with van der Waals surface area (Å²) in [6, 6.07) is 1.75. The van der Waals surface area contributed by atoms with E-state index in [1.807, 2.05) is 11.8 Å². The highest BCUT2D eigenvalue weighted by Crippen LogP contribution is 2.32. The highest BCUT2D eigenvalue weighted by molar-refractivity contribution is 9.10. The Kier molecular flexibility index (Phi) is 5.04. The smallest absolute Gasteiger partial charge is 0.312 e. The molecule has 0 amide bonds. The topological polar surface area (TPSA) is 68.1 Å². The maximum atomic E-state index is 11.1. The summed E-state index contributed by atoms with van der Waals surface area (Å²) in [5.74, 6) is 0.374. The fraction of sp³-hybridized carbons (Fsp3) is 0.583. The Labute approximate surface area is 124 Å². The molecule has 0 aromatic carbocycles. The third-order valence-corrected chi connectivity index (χ3v) is 4.96. The second kappa shape index (κ2) is 6.56. The van der Waals surface area contributed by atoms with Gasteiger partial charge in [0.05, 0.1) is 4.92 Å². The number of hydrogen-bond donors (Lipinski definition) is 1. The molecule has 0 radical (unpaired) electrons. The first kappa shape index (κ1) is 14.6. The first-order valence-electron chi connectivity index (χ1n) is 6.21. The summed E-state index contributed by atoms with van der Waals surface area (Å²) in [5, 5.41) is 14.8. The molecule has 1 aromatic heterocycles. The Morgan fingerprint density at radius 3 is 2.95 bits per heavy atom. The van der Waals surface area contributed by atoms with Crippen LogP contribution in [0.25, 0.3) is 0 Å². The van der Waals surface area contributed by atoms with Gasteiger partial charge in [0, 0.05) is 28.0 Å². The zero-order chi connectivity index (χ0) is 13.8. The van der Waals surface area contributed by atoms with Crippen LogP contribution in [-0.2, 0) is 0 Å². The third kappa shape index (κ3) is 3.60. The van der Waals surface area contributed by atoms with Crippen LogP contribution < -0.4 is 5.32 Å². The van der Waals surface area contributed by atoms with E-state index in [-0.39, 0.29) is 11.7 Å². The molecule has 1 saturated carbocycles. The summed E-state index contributed by atoms with van der Waals surface area (Å²) in [7, 11) is 0. The third-order valence-electron chi connectivity index (χ3n) is 3.36. The van der Waals surface area contributed by atoms with Crippen LogP contribution in [0.15, 0.2) is 16.7 Å². The number of rotatable bonds is 4. The van der Waals surface area contributed by atoms with Crippen molar-refractivity contribution in [2.24, 2.45) is 0 Å². The first-order chi connectivity index (χ1) is 9.11. The van der Waals surface area contributed by atoms with E-state index in [1.165, 1.54) is 18.9 Å². The number of aromatic nitrogens is 1. The van der Waals surface area contributed by atoms with Crippen LogP contribution in [0.4, 0.5) is 11.5 Å². The predicted octanol–water partition coefficient (Wildman–Crippen LogP) is 3.84. The summed E-state index contributed by atoms with van der Waals surface area (Å²) in [6.45, 7) is 0. The van der Waals surface area contributed by atoms with Crippen molar-refractivity contribution in [2.75, 3.05) is 11.6 Å². The minimum absolute atomic E-state index is 0.0276. The fourth-order valence-corrected chi connectivity index (χ4v) is 3.65. The number of nitrogens with zero attached hydrogens (tertiary/aromatic N) is 2. The zero-order valence-corrected chi connectivity index (χ0v) is 13.0. The van der Waals surface area contributed by atoms with Crippen molar-refractivity contribution in [3.05, 3.63) is 26.9 Å². The monoisotopic (exact) mass is 345 g/mol. The lowest BCUT2D eigenvalue weighted by molar-refractivity contribution is -0.384. The molecule has 2 rings (SSSR count). The molecule has 19 heavy (non-hydrogen) atoms. The van der Waals surface area contributed by atoms with Crippen LogP contribution in [0.3, 0.4) is 0 Å². The molecule has 2 atom stereocenters. The summed E-state index contributed by atoms with van der Waals surface area (Å²) < 4.78 is 0.620. The molecule has 0 spiro atoms. The average molecular weight is 346 g/mol. The van der Waals surface area contributed by atoms with Crippen molar-refractivity contribution in [1.82, 2.24) is 4.98 Å². The Balaban J connectivity index is 2.20. The number of nitrogens with one attached hydrogen (secondary N) is 1. The number of nitro groups is 1. The van der Waals surface area contributed by atoms with Crippen LogP contribution in [0.2, 0.25) is 0 Å². The molecule has 0 aliphatic heterocycles. The van der Waals surface area contributed by atoms with Crippen molar-refractivity contribution in [3.8, 4) is 0 Å². The number of halogens is 1. The minimum atomic E-state index is -0.392. The Morgan fingerprint density at radius 1 is 1.53 bits per heavy atom. The number of thioether (sulfide) groups is 1. The second-order valence-electron chi connectivity index (χ2n) is 4.59. The molecule has 1 fully saturated rings. The quantitative estimate of drug-likeness (QED) is 0.663. The van der Waals surface area contributed by atoms with Crippen LogP contribution in [0, 0.1) is 10.1 Å². The van der Waals surface area contributed by atoms with Crippen molar-refractivity contribution in [1.29, 1.82) is 0 Å². The molecule has 0 saturated heterocycles. The minimum Gasteiger partial charge on any atom is -0.360 e. The van der Waals surface area contributed by atoms with Gasteiger partial charge in [-0.15, -0.1) is 0 Å². The first-order valence-corrected chi connectivity index (χ1v) is 8.29. The largest absolute Gasteiger partial charge is 0.360 e. The molecule has 1 aromatic rings. The maximum absolute atomic E-state index is 11.1. The molecule has 1 aliphatic rings. The van der Waals surface area contributed by atoms with Crippen LogP contribution in [0.5, 0.6) is 0 Å². The van der Waals surface area contributed by atoms with Gasteiger partial charge >= 0.3 is 5.69 Å². The van der Waals surface area contributed by atoms with E-state index in [1.54, 1.807) is 6.20 Å². The molecule has 1 aliphatic carbocycles. The van der Waals surface area contributed by atoms with Gasteiger partial charge in [0.25, 0.3) is 0 Å². The molecular weight excluding hydrogens is 330 g/mol. The average Bonchev–Trinajstić information content (AvgIpc) is 2.41. The highest BCUT2D eigenvalue weighted by atomic mass is 79.9. The Morgan fingerprint density at radius 2 is 2.26 bits per heavy atom. The van der Waals surface area contributed by atoms with Gasteiger partial charge in [-0.25, -0.2) is 4.98 Å². The number of anilines is 1. The molecule has 7 heteroatoms. The Hall–Kier alpha value is -0.820. The second-order valence-corrected chi connectivity index (χ2v) is 6.58. The summed E-state index contributed by atoms with van der Waals surface area (Å²) in [6.07, 6.45) is 8.28. The van der Waals surface area contributed by atoms with Gasteiger partial charge in [0.15, 0.2) is 0 Å². The molecular formula is C12H16BrN3O2S. The molecule has 104 valence electrons. The van der Waals surface area contributed by atoms with E-state index in [2.05, 4.69) is 32.5 Å². The maximum Gasteiger partial charge on any atom is 0.312 e. The van der Waals surface area contributed by atoms with E-state index in [9.17, 15) is 10.1 Å². The van der Waals surface area contributed by atoms with Gasteiger partial charge in [0.2, 0.25) is 5.82 Å². The number of pyridine rings is 1. The van der Waals surface area contributed by atoms with E-state index in [4.69, 9.17) is 0 Å². The zero-order valence-electron chi connectivity index (χ0n) is 10.6. The molecule has 1 heterocycles. The van der Waals surface area contributed by atoms with Crippen molar-refractivity contribution in [3.63, 3.8) is 0 Å². The lowest BCUT2D eigenvalue weighted by Gasteiger charge is -2.31. The molecule has 1 N–H and O–H groups in total. The lowest BCUT2D eigenvalue weighted by atomic mass is 9.95. The summed E-state index contributed by atoms with van der Waals surface area (Å²) in [5.41, 5.74) is 0.0276. The van der Waals surface area contributed by atoms with E-state index >= 15 is 0 Å². The van der Waals surface area contributed by atoms with Crippen LogP contribution >= 0.6 is 27.7 Å². The normalized spacial score (nSPS) is 23.1. The lowest BCUT2D eigenvalue weighted by Crippen LogP contribution is -2.34. The van der Waals surface area contributed by atoms with Gasteiger partial charge < -0.3 is 5.32 Å². The van der Waals surface area contributed by atoms with Crippen LogP contribution in [-0.4, -0.2) is 27.5 Å². The van der Waals surface area contributed by atoms with Crippen molar-refractivity contribution in [2.45, 2.75) is 37.0 Å². The highest BCUT2D eigenvalue weighted by Gasteiger charge is 2.27. The van der Waals surface area contributed by atoms with Gasteiger partial charge in [-0.1, -0.05) is 12.8 Å². The molecule has 5 nitrogen and oxygen atoms in total. The predicted molar refractivity (Wildman–Crippen MR) is 81.8 cm³/mol. The van der Waals surface area contributed by atoms with Crippen molar-refractivity contribution >= 4 is 39.2 Å². The van der Waals surface area contributed by atoms with Gasteiger partial charge in [-0.2, -0.15) is 11.8 Å². The standard InChI is InChI=1S/C12H16BrN3O2S/c1-19-11-5-3-2-4-9(11)15-12-10(16(17)18)6-8(13)7-14-12/h6-7,9,11H,2-5H2,1H3,(H,14,15). The van der Waals surface area contributed by atoms with E-state index in [0.29, 0.717) is 15.5 Å². The molecule has 2 unspecified atom stereocenters. The summed E-state index contributed by atoms with van der Waals surface area (Å²) >= 11 is 5.04. The van der Waals surface area contributed by atoms with Crippen LogP contribution in [0.1, 0.15) is 25.7 Å². The van der Waals surface area contributed by atoms with E-state index in [0.717, 1.165) is 12.8 Å². The number of hydrogen-bond acceptors (Lipinski definition) is 5. The van der Waals surface area contributed by atoms with Crippen molar-refractivity contribution < 1.29 is 4.92 Å². The fourth-order valence-electron chi connectivity index (χ4n) is 2.40. The molecule has 0 bridgehead atoms. The van der Waals surface area contributed by atoms with Gasteiger partial charge in [0.1, 0.15) is 0 Å². The van der Waals surface area contributed by atoms with Gasteiger partial charge in [-0.3, -0.25) is 10.1 Å². The summed E-state index contributed by atoms with van der Waals surface area (Å²) in [4.78, 5) is 14.8.